The molecular formula is C96H70. The van der Waals surface area contributed by atoms with Crippen molar-refractivity contribution in [1.29, 1.82) is 0 Å². The van der Waals surface area contributed by atoms with Crippen LogP contribution in [-0.4, -0.2) is 0 Å². The molecule has 0 saturated heterocycles. The summed E-state index contributed by atoms with van der Waals surface area (Å²) < 4.78 is 0. The van der Waals surface area contributed by atoms with Gasteiger partial charge in [0.15, 0.2) is 0 Å². The van der Waals surface area contributed by atoms with E-state index in [1.54, 1.807) is 0 Å². The molecule has 0 nitrogen and oxygen atoms in total. The van der Waals surface area contributed by atoms with Crippen molar-refractivity contribution >= 4 is 0 Å². The summed E-state index contributed by atoms with van der Waals surface area (Å²) in [6, 6.07) is 131. The van der Waals surface area contributed by atoms with Gasteiger partial charge in [-0.25, -0.2) is 0 Å². The van der Waals surface area contributed by atoms with Crippen LogP contribution in [0.5, 0.6) is 0 Å². The predicted molar refractivity (Wildman–Crippen MR) is 407 cm³/mol. The van der Waals surface area contributed by atoms with E-state index in [4.69, 9.17) is 0 Å². The lowest BCUT2D eigenvalue weighted by Crippen LogP contribution is -2.15. The Morgan fingerprint density at radius 3 is 0.552 bits per heavy atom. The van der Waals surface area contributed by atoms with Gasteiger partial charge in [0.2, 0.25) is 0 Å². The number of benzene rings is 15. The van der Waals surface area contributed by atoms with Crippen molar-refractivity contribution in [3.05, 3.63) is 374 Å². The first-order valence-corrected chi connectivity index (χ1v) is 33.7. The minimum atomic E-state index is -0.281. The van der Waals surface area contributed by atoms with Gasteiger partial charge in [0.1, 0.15) is 0 Å². The van der Waals surface area contributed by atoms with E-state index in [-0.39, 0.29) is 10.8 Å². The van der Waals surface area contributed by atoms with Crippen LogP contribution >= 0.6 is 0 Å². The normalized spacial score (nSPS) is 13.0. The van der Waals surface area contributed by atoms with Gasteiger partial charge in [-0.3, -0.25) is 0 Å². The molecule has 0 bridgehead atoms. The highest BCUT2D eigenvalue weighted by Crippen LogP contribution is 2.57. The number of rotatable bonds is 12. The maximum absolute atomic E-state index is 2.52. The number of fused-ring (bicyclic) bond motifs is 6. The Hall–Kier alpha value is -11.7. The second-order valence-electron chi connectivity index (χ2n) is 27.0. The maximum atomic E-state index is 2.52. The van der Waals surface area contributed by atoms with Gasteiger partial charge in [-0.2, -0.15) is 0 Å². The minimum absolute atomic E-state index is 0.281. The zero-order valence-electron chi connectivity index (χ0n) is 54.5. The third kappa shape index (κ3) is 9.91. The lowest BCUT2D eigenvalue weighted by atomic mass is 9.77. The van der Waals surface area contributed by atoms with Gasteiger partial charge in [-0.05, 0) is 214 Å². The van der Waals surface area contributed by atoms with Crippen molar-refractivity contribution in [2.45, 2.75) is 38.5 Å². The summed E-state index contributed by atoms with van der Waals surface area (Å²) in [4.78, 5) is 0. The first kappa shape index (κ1) is 58.1. The van der Waals surface area contributed by atoms with E-state index in [0.717, 1.165) is 0 Å². The first-order valence-electron chi connectivity index (χ1n) is 33.7. The molecule has 0 radical (unpaired) electrons. The predicted octanol–water partition coefficient (Wildman–Crippen LogP) is 26.3. The second-order valence-corrected chi connectivity index (χ2v) is 27.0. The molecule has 17 rings (SSSR count). The Morgan fingerprint density at radius 1 is 0.135 bits per heavy atom. The SMILES string of the molecule is CC1(C)c2cc(-c3ccc(-c4ccc5c(c4)C(C)(C)c4cc(-c6c(-c7ccccc7)c(-c7ccccc7)cc(-c7ccccc7)c6-c6ccccc6)ccc4-5)cc3)ccc2-c2ccc(-c3c(-c4ccccc4)c(-c4ccccc4)cc(-c4ccccc4)c3-c3ccccc3)cc21. The van der Waals surface area contributed by atoms with Gasteiger partial charge in [-0.15, -0.1) is 0 Å². The van der Waals surface area contributed by atoms with E-state index in [1.165, 1.54) is 178 Å². The Kier molecular flexibility index (Phi) is 14.4. The lowest BCUT2D eigenvalue weighted by Gasteiger charge is -2.26. The molecule has 0 heterocycles. The molecule has 96 heavy (non-hydrogen) atoms. The zero-order chi connectivity index (χ0) is 64.5. The molecule has 2 aliphatic carbocycles. The van der Waals surface area contributed by atoms with E-state index in [2.05, 4.69) is 380 Å². The van der Waals surface area contributed by atoms with Crippen LogP contribution in [0.3, 0.4) is 0 Å². The van der Waals surface area contributed by atoms with Gasteiger partial charge in [-0.1, -0.05) is 343 Å². The van der Waals surface area contributed by atoms with Crippen molar-refractivity contribution in [3.63, 3.8) is 0 Å². The minimum Gasteiger partial charge on any atom is -0.0622 e. The van der Waals surface area contributed by atoms with Crippen LogP contribution in [0.2, 0.25) is 0 Å². The lowest BCUT2D eigenvalue weighted by molar-refractivity contribution is 0.660. The molecule has 0 spiro atoms. The number of hydrogen-bond donors (Lipinski definition) is 0. The highest BCUT2D eigenvalue weighted by molar-refractivity contribution is 6.10. The van der Waals surface area contributed by atoms with Gasteiger partial charge in [0.05, 0.1) is 0 Å². The molecule has 0 aliphatic heterocycles. The fourth-order valence-electron chi connectivity index (χ4n) is 15.9. The first-order chi connectivity index (χ1) is 47.2. The monoisotopic (exact) mass is 1220 g/mol. The standard InChI is InChI=1S/C96H70/c1-95(2)85-57-73(49-53-77(85)79-55-51-75(59-87(79)95)93-89(69-37-21-9-22-38-69)81(65-29-13-5-14-30-65)61-82(66-31-15-6-16-32-66)90(93)70-39-23-10-24-40-70)63-45-47-64(48-46-63)74-50-54-78-80-56-52-76(60-88(80)96(3,4)86(78)58-74)94-91(71-41-25-11-26-42-71)83(67-33-17-7-18-34-67)62-84(68-35-19-8-20-36-68)92(94)72-43-27-12-28-44-72/h5-62H,1-4H3. The molecule has 0 saturated carbocycles. The highest BCUT2D eigenvalue weighted by Gasteiger charge is 2.39. The molecule has 0 fully saturated rings. The van der Waals surface area contributed by atoms with Gasteiger partial charge in [0, 0.05) is 10.8 Å². The summed E-state index contributed by atoms with van der Waals surface area (Å²) in [6.45, 7) is 9.68. The summed E-state index contributed by atoms with van der Waals surface area (Å²) in [5.74, 6) is 0. The molecule has 0 unspecified atom stereocenters. The van der Waals surface area contributed by atoms with Crippen LogP contribution in [0.4, 0.5) is 0 Å². The van der Waals surface area contributed by atoms with E-state index >= 15 is 0 Å². The van der Waals surface area contributed by atoms with Crippen molar-refractivity contribution in [2.75, 3.05) is 0 Å². The average Bonchev–Trinajstić information content (AvgIpc) is 1.73. The Balaban J connectivity index is 0.730. The largest absolute Gasteiger partial charge is 0.0622 e. The average molecular weight is 1220 g/mol. The van der Waals surface area contributed by atoms with Crippen LogP contribution in [0.15, 0.2) is 352 Å². The van der Waals surface area contributed by atoms with Crippen molar-refractivity contribution in [2.24, 2.45) is 0 Å². The summed E-state index contributed by atoms with van der Waals surface area (Å²) in [5, 5.41) is 0. The molecular weight excluding hydrogens is 1150 g/mol. The van der Waals surface area contributed by atoms with Crippen molar-refractivity contribution in [1.82, 2.24) is 0 Å². The van der Waals surface area contributed by atoms with Gasteiger partial charge >= 0.3 is 0 Å². The van der Waals surface area contributed by atoms with Crippen molar-refractivity contribution in [3.8, 4) is 156 Å². The third-order valence-electron chi connectivity index (χ3n) is 20.7. The van der Waals surface area contributed by atoms with Crippen LogP contribution in [0.1, 0.15) is 49.9 Å². The quantitative estimate of drug-likeness (QED) is 0.114. The van der Waals surface area contributed by atoms with E-state index in [1.807, 2.05) is 0 Å². The molecule has 15 aromatic carbocycles. The van der Waals surface area contributed by atoms with E-state index in [0.29, 0.717) is 0 Å². The topological polar surface area (TPSA) is 0 Å². The Bertz CT molecular complexity index is 4870. The van der Waals surface area contributed by atoms with Crippen LogP contribution in [-0.2, 0) is 10.8 Å². The van der Waals surface area contributed by atoms with Gasteiger partial charge in [0.25, 0.3) is 0 Å². The maximum Gasteiger partial charge on any atom is 0.0159 e. The molecule has 2 aliphatic rings. The number of hydrogen-bond acceptors (Lipinski definition) is 0. The van der Waals surface area contributed by atoms with E-state index in [9.17, 15) is 0 Å². The smallest absolute Gasteiger partial charge is 0.0159 e. The van der Waals surface area contributed by atoms with Crippen molar-refractivity contribution < 1.29 is 0 Å². The second kappa shape index (κ2) is 23.7. The zero-order valence-corrected chi connectivity index (χ0v) is 54.5. The van der Waals surface area contributed by atoms with Crippen LogP contribution in [0, 0.1) is 0 Å². The summed E-state index contributed by atoms with van der Waals surface area (Å²) >= 11 is 0. The van der Waals surface area contributed by atoms with Gasteiger partial charge < -0.3 is 0 Å². The van der Waals surface area contributed by atoms with E-state index < -0.39 is 0 Å². The molecule has 0 amide bonds. The van der Waals surface area contributed by atoms with Crippen LogP contribution in [0.25, 0.3) is 156 Å². The Labute approximate surface area is 564 Å². The third-order valence-corrected chi connectivity index (χ3v) is 20.7. The molecule has 454 valence electrons. The molecule has 15 aromatic rings. The van der Waals surface area contributed by atoms with Crippen LogP contribution < -0.4 is 0 Å². The fourth-order valence-corrected chi connectivity index (χ4v) is 15.9. The summed E-state index contributed by atoms with van der Waals surface area (Å²) in [6.07, 6.45) is 0. The molecule has 0 heteroatoms. The summed E-state index contributed by atoms with van der Waals surface area (Å²) in [7, 11) is 0. The highest BCUT2D eigenvalue weighted by atomic mass is 14.4. The molecule has 0 N–H and O–H groups in total. The molecule has 0 aromatic heterocycles. The summed E-state index contributed by atoms with van der Waals surface area (Å²) in [5.41, 5.74) is 39.1. The fraction of sp³-hybridized carbons (Fsp3) is 0.0625. The molecule has 0 atom stereocenters. The Morgan fingerprint density at radius 2 is 0.323 bits per heavy atom.